The SMILES string of the molecule is [C-]#[N+]C[C@H]1CN(c2nc(OCC3([C@H](C)N(C)C)CC3)nc3c2CCN(c2cccc4cccc(Cl)c24)C3)CCN1C(=O)C=C. The average Bonchev–Trinajstić information content (AvgIpc) is 3.83. The number of benzene rings is 2. The van der Waals surface area contributed by atoms with E-state index in [-0.39, 0.29) is 23.9 Å². The van der Waals surface area contributed by atoms with E-state index in [1.165, 1.54) is 6.08 Å². The summed E-state index contributed by atoms with van der Waals surface area (Å²) in [6.07, 6.45) is 4.34. The van der Waals surface area contributed by atoms with Crippen molar-refractivity contribution in [1.29, 1.82) is 0 Å². The predicted octanol–water partition coefficient (Wildman–Crippen LogP) is 5.08. The van der Waals surface area contributed by atoms with Crippen molar-refractivity contribution in [2.75, 3.05) is 63.2 Å². The van der Waals surface area contributed by atoms with Gasteiger partial charge in [-0.1, -0.05) is 42.4 Å². The molecule has 0 spiro atoms. The molecule has 2 aromatic carbocycles. The zero-order chi connectivity index (χ0) is 31.0. The molecule has 3 aliphatic rings. The van der Waals surface area contributed by atoms with Crippen LogP contribution in [0, 0.1) is 12.0 Å². The van der Waals surface area contributed by atoms with Gasteiger partial charge in [-0.05, 0) is 63.9 Å². The minimum atomic E-state index is -0.240. The van der Waals surface area contributed by atoms with Crippen molar-refractivity contribution in [3.63, 3.8) is 0 Å². The number of hydrogen-bond donors (Lipinski definition) is 0. The lowest BCUT2D eigenvalue weighted by Crippen LogP contribution is -2.56. The Hall–Kier alpha value is -3.87. The van der Waals surface area contributed by atoms with Gasteiger partial charge in [-0.3, -0.25) is 4.79 Å². The van der Waals surface area contributed by atoms with Gasteiger partial charge >= 0.3 is 6.01 Å². The third kappa shape index (κ3) is 5.69. The Morgan fingerprint density at radius 3 is 2.68 bits per heavy atom. The van der Waals surface area contributed by atoms with E-state index in [4.69, 9.17) is 32.9 Å². The Kier molecular flexibility index (Phi) is 8.40. The van der Waals surface area contributed by atoms with Gasteiger partial charge in [0, 0.05) is 54.3 Å². The van der Waals surface area contributed by atoms with Gasteiger partial charge in [0.25, 0.3) is 0 Å². The van der Waals surface area contributed by atoms with Crippen molar-refractivity contribution in [2.24, 2.45) is 5.41 Å². The minimum Gasteiger partial charge on any atom is -0.463 e. The van der Waals surface area contributed by atoms with E-state index in [0.717, 1.165) is 64.4 Å². The minimum absolute atomic E-state index is 0.103. The molecule has 9 nitrogen and oxygen atoms in total. The molecule has 0 bridgehead atoms. The molecule has 1 saturated heterocycles. The Balaban J connectivity index is 1.35. The molecule has 2 aliphatic heterocycles. The first-order valence-corrected chi connectivity index (χ1v) is 15.7. The van der Waals surface area contributed by atoms with Crippen molar-refractivity contribution in [2.45, 2.75) is 44.8 Å². The van der Waals surface area contributed by atoms with Gasteiger partial charge in [0.1, 0.15) is 11.9 Å². The van der Waals surface area contributed by atoms with Crippen LogP contribution < -0.4 is 14.5 Å². The fourth-order valence-electron chi connectivity index (χ4n) is 6.78. The standard InChI is InChI=1S/C34H40ClN7O2/c1-6-30(43)42-18-17-41(20-25(42)19-36-3)32-26-13-16-40(29-12-8-10-24-9-7-11-27(35)31(24)29)21-28(26)37-33(38-32)44-22-34(14-15-34)23(2)39(4)5/h6-12,23,25H,1,13-22H2,2,4-5H3/t23-,25-/m0/s1. The van der Waals surface area contributed by atoms with E-state index in [1.807, 2.05) is 12.1 Å². The fourth-order valence-corrected chi connectivity index (χ4v) is 7.05. The van der Waals surface area contributed by atoms with Gasteiger partial charge in [0.05, 0.1) is 23.9 Å². The largest absolute Gasteiger partial charge is 0.463 e. The van der Waals surface area contributed by atoms with Crippen molar-refractivity contribution in [1.82, 2.24) is 19.8 Å². The average molecular weight is 614 g/mol. The summed E-state index contributed by atoms with van der Waals surface area (Å²) in [7, 11) is 4.23. The van der Waals surface area contributed by atoms with Crippen LogP contribution >= 0.6 is 11.6 Å². The molecule has 1 aliphatic carbocycles. The smallest absolute Gasteiger partial charge is 0.318 e. The maximum absolute atomic E-state index is 12.6. The zero-order valence-electron chi connectivity index (χ0n) is 25.8. The van der Waals surface area contributed by atoms with Crippen LogP contribution in [0.5, 0.6) is 6.01 Å². The summed E-state index contributed by atoms with van der Waals surface area (Å²) in [6, 6.07) is 12.8. The number of ether oxygens (including phenoxy) is 1. The molecular formula is C34H40ClN7O2. The van der Waals surface area contributed by atoms with Gasteiger partial charge in [-0.15, -0.1) is 0 Å². The van der Waals surface area contributed by atoms with E-state index >= 15 is 0 Å². The first kappa shape index (κ1) is 30.2. The molecule has 0 unspecified atom stereocenters. The summed E-state index contributed by atoms with van der Waals surface area (Å²) in [4.78, 5) is 34.9. The first-order valence-electron chi connectivity index (χ1n) is 15.4. The molecule has 2 atom stereocenters. The van der Waals surface area contributed by atoms with E-state index in [2.05, 4.69) is 71.4 Å². The third-order valence-corrected chi connectivity index (χ3v) is 10.1. The quantitative estimate of drug-likeness (QED) is 0.246. The van der Waals surface area contributed by atoms with E-state index < -0.39 is 0 Å². The van der Waals surface area contributed by atoms with Crippen LogP contribution in [-0.2, 0) is 17.8 Å². The van der Waals surface area contributed by atoms with Crippen LogP contribution in [0.1, 0.15) is 31.0 Å². The molecule has 6 rings (SSSR count). The number of carbonyl (C=O) groups excluding carboxylic acids is 1. The van der Waals surface area contributed by atoms with Crippen LogP contribution in [0.4, 0.5) is 11.5 Å². The topological polar surface area (TPSA) is 69.4 Å². The van der Waals surface area contributed by atoms with E-state index in [9.17, 15) is 4.79 Å². The fraction of sp³-hybridized carbons (Fsp3) is 0.471. The summed E-state index contributed by atoms with van der Waals surface area (Å²) >= 11 is 6.72. The molecule has 1 saturated carbocycles. The van der Waals surface area contributed by atoms with Gasteiger partial charge in [0.2, 0.25) is 12.5 Å². The van der Waals surface area contributed by atoms with Crippen LogP contribution in [0.25, 0.3) is 15.6 Å². The molecule has 2 fully saturated rings. The second kappa shape index (κ2) is 12.3. The van der Waals surface area contributed by atoms with Crippen LogP contribution in [0.15, 0.2) is 49.1 Å². The molecule has 1 amide bonds. The summed E-state index contributed by atoms with van der Waals surface area (Å²) in [5.74, 6) is 0.716. The Labute approximate surface area is 264 Å². The number of aromatic nitrogens is 2. The van der Waals surface area contributed by atoms with Crippen molar-refractivity contribution in [3.8, 4) is 6.01 Å². The summed E-state index contributed by atoms with van der Waals surface area (Å²) in [5.41, 5.74) is 3.24. The van der Waals surface area contributed by atoms with Crippen LogP contribution in [0.3, 0.4) is 0 Å². The monoisotopic (exact) mass is 613 g/mol. The molecule has 44 heavy (non-hydrogen) atoms. The zero-order valence-corrected chi connectivity index (χ0v) is 26.6. The van der Waals surface area contributed by atoms with E-state index in [1.54, 1.807) is 4.90 Å². The number of anilines is 2. The summed E-state index contributed by atoms with van der Waals surface area (Å²) < 4.78 is 6.44. The number of hydrogen-bond acceptors (Lipinski definition) is 7. The van der Waals surface area contributed by atoms with Crippen LogP contribution in [-0.4, -0.2) is 91.2 Å². The van der Waals surface area contributed by atoms with Crippen LogP contribution in [0.2, 0.25) is 5.02 Å². The number of amides is 1. The number of piperazine rings is 1. The van der Waals surface area contributed by atoms with Gasteiger partial charge < -0.3 is 29.2 Å². The van der Waals surface area contributed by atoms with Gasteiger partial charge in [-0.25, -0.2) is 6.57 Å². The number of rotatable bonds is 9. The molecule has 0 radical (unpaired) electrons. The normalized spacial score (nSPS) is 19.8. The molecular weight excluding hydrogens is 574 g/mol. The predicted molar refractivity (Wildman–Crippen MR) is 175 cm³/mol. The lowest BCUT2D eigenvalue weighted by atomic mass is 9.98. The number of nitrogens with zero attached hydrogens (tertiary/aromatic N) is 7. The summed E-state index contributed by atoms with van der Waals surface area (Å²) in [5, 5.41) is 2.89. The maximum atomic E-state index is 12.6. The molecule has 1 aromatic heterocycles. The molecule has 0 N–H and O–H groups in total. The summed E-state index contributed by atoms with van der Waals surface area (Å²) in [6.45, 7) is 17.3. The van der Waals surface area contributed by atoms with Crippen molar-refractivity contribution < 1.29 is 9.53 Å². The second-order valence-corrected chi connectivity index (χ2v) is 12.9. The second-order valence-electron chi connectivity index (χ2n) is 12.5. The van der Waals surface area contributed by atoms with Gasteiger partial charge in [0.15, 0.2) is 0 Å². The highest BCUT2D eigenvalue weighted by atomic mass is 35.5. The number of carbonyl (C=O) groups is 1. The van der Waals surface area contributed by atoms with Crippen molar-refractivity contribution in [3.05, 3.63) is 76.8 Å². The lowest BCUT2D eigenvalue weighted by Gasteiger charge is -2.41. The molecule has 230 valence electrons. The maximum Gasteiger partial charge on any atom is 0.318 e. The lowest BCUT2D eigenvalue weighted by molar-refractivity contribution is -0.128. The first-order chi connectivity index (χ1) is 21.2. The third-order valence-electron chi connectivity index (χ3n) is 9.78. The van der Waals surface area contributed by atoms with E-state index in [0.29, 0.717) is 44.8 Å². The highest BCUT2D eigenvalue weighted by Gasteiger charge is 2.49. The highest BCUT2D eigenvalue weighted by Crippen LogP contribution is 2.50. The highest BCUT2D eigenvalue weighted by molar-refractivity contribution is 6.36. The van der Waals surface area contributed by atoms with Gasteiger partial charge in [-0.2, -0.15) is 9.97 Å². The molecule has 3 aromatic rings. The Morgan fingerprint density at radius 2 is 1.98 bits per heavy atom. The Morgan fingerprint density at radius 1 is 1.20 bits per heavy atom. The van der Waals surface area contributed by atoms with Crippen molar-refractivity contribution >= 4 is 39.8 Å². The Bertz CT molecular complexity index is 1610. The molecule has 10 heteroatoms. The molecule has 3 heterocycles. The number of halogens is 1. The number of fused-ring (bicyclic) bond motifs is 2.